The first-order valence-corrected chi connectivity index (χ1v) is 7.66. The number of hydrogen-bond acceptors (Lipinski definition) is 3. The van der Waals surface area contributed by atoms with E-state index < -0.39 is 5.60 Å². The van der Waals surface area contributed by atoms with Gasteiger partial charge in [-0.15, -0.1) is 0 Å². The van der Waals surface area contributed by atoms with Gasteiger partial charge in [-0.3, -0.25) is 9.59 Å². The second-order valence-electron chi connectivity index (χ2n) is 6.11. The largest absolute Gasteiger partial charge is 0.487 e. The second kappa shape index (κ2) is 5.70. The first kappa shape index (κ1) is 15.6. The van der Waals surface area contributed by atoms with Crippen molar-refractivity contribution in [2.24, 2.45) is 0 Å². The quantitative estimate of drug-likeness (QED) is 0.891. The lowest BCUT2D eigenvalue weighted by molar-refractivity contribution is 0.0620. The van der Waals surface area contributed by atoms with Gasteiger partial charge in [0.05, 0.1) is 22.6 Å². The molecule has 0 radical (unpaired) electrons. The van der Waals surface area contributed by atoms with E-state index in [1.54, 1.807) is 42.5 Å². The lowest BCUT2D eigenvalue weighted by Crippen LogP contribution is -2.35. The maximum atomic E-state index is 12.3. The van der Waals surface area contributed by atoms with Gasteiger partial charge in [-0.2, -0.15) is 0 Å². The third-order valence-corrected chi connectivity index (χ3v) is 3.96. The molecule has 0 atom stereocenters. The first-order chi connectivity index (χ1) is 10.9. The number of nitrogens with one attached hydrogen (secondary N) is 1. The number of fused-ring (bicyclic) bond motifs is 1. The van der Waals surface area contributed by atoms with Crippen molar-refractivity contribution in [3.63, 3.8) is 0 Å². The van der Waals surface area contributed by atoms with Crippen molar-refractivity contribution in [3.8, 4) is 5.75 Å². The molecule has 0 aliphatic carbocycles. The van der Waals surface area contributed by atoms with Crippen LogP contribution in [-0.4, -0.2) is 17.3 Å². The standard InChI is InChI=1S/C18H16ClNO3/c1-18(2)10-15(21)13-9-11(7-8-16(13)23-18)20-17(22)12-5-3-4-6-14(12)19/h3-9H,10H2,1-2H3,(H,20,22). The summed E-state index contributed by atoms with van der Waals surface area (Å²) in [6.07, 6.45) is 0.307. The highest BCUT2D eigenvalue weighted by molar-refractivity contribution is 6.34. The van der Waals surface area contributed by atoms with Crippen LogP contribution in [0.15, 0.2) is 42.5 Å². The van der Waals surface area contributed by atoms with Crippen molar-refractivity contribution in [2.75, 3.05) is 5.32 Å². The summed E-state index contributed by atoms with van der Waals surface area (Å²) in [5.41, 5.74) is 0.897. The fraction of sp³-hybridized carbons (Fsp3) is 0.222. The summed E-state index contributed by atoms with van der Waals surface area (Å²) in [7, 11) is 0. The molecule has 0 bridgehead atoms. The minimum Gasteiger partial charge on any atom is -0.487 e. The van der Waals surface area contributed by atoms with E-state index in [1.165, 1.54) is 0 Å². The summed E-state index contributed by atoms with van der Waals surface area (Å²) in [5.74, 6) is 0.229. The van der Waals surface area contributed by atoms with Gasteiger partial charge < -0.3 is 10.1 Å². The summed E-state index contributed by atoms with van der Waals surface area (Å²) < 4.78 is 5.80. The maximum Gasteiger partial charge on any atom is 0.257 e. The van der Waals surface area contributed by atoms with Gasteiger partial charge in [-0.1, -0.05) is 23.7 Å². The topological polar surface area (TPSA) is 55.4 Å². The molecule has 4 nitrogen and oxygen atoms in total. The van der Waals surface area contributed by atoms with Crippen LogP contribution in [0.3, 0.4) is 0 Å². The van der Waals surface area contributed by atoms with Gasteiger partial charge in [0, 0.05) is 5.69 Å². The highest BCUT2D eigenvalue weighted by atomic mass is 35.5. The van der Waals surface area contributed by atoms with E-state index >= 15 is 0 Å². The lowest BCUT2D eigenvalue weighted by Gasteiger charge is -2.31. The minimum atomic E-state index is -0.508. The van der Waals surface area contributed by atoms with Crippen LogP contribution in [0, 0.1) is 0 Å². The van der Waals surface area contributed by atoms with E-state index in [0.29, 0.717) is 34.0 Å². The number of Topliss-reactive ketones (excluding diaryl/α,β-unsaturated/α-hetero) is 1. The summed E-state index contributed by atoms with van der Waals surface area (Å²) in [5, 5.41) is 3.14. The van der Waals surface area contributed by atoms with Crippen LogP contribution in [0.25, 0.3) is 0 Å². The van der Waals surface area contributed by atoms with Crippen molar-refractivity contribution < 1.29 is 14.3 Å². The highest BCUT2D eigenvalue weighted by Gasteiger charge is 2.32. The van der Waals surface area contributed by atoms with Gasteiger partial charge in [0.15, 0.2) is 5.78 Å². The molecule has 5 heteroatoms. The number of halogens is 1. The van der Waals surface area contributed by atoms with Crippen molar-refractivity contribution >= 4 is 29.0 Å². The number of amides is 1. The fourth-order valence-corrected chi connectivity index (χ4v) is 2.80. The Hall–Kier alpha value is -2.33. The first-order valence-electron chi connectivity index (χ1n) is 7.28. The molecule has 1 amide bonds. The number of ketones is 1. The Bertz CT molecular complexity index is 799. The van der Waals surface area contributed by atoms with E-state index in [-0.39, 0.29) is 11.7 Å². The number of rotatable bonds is 2. The van der Waals surface area contributed by atoms with Crippen LogP contribution in [-0.2, 0) is 0 Å². The summed E-state index contributed by atoms with van der Waals surface area (Å²) in [6, 6.07) is 11.9. The number of benzene rings is 2. The number of ether oxygens (including phenoxy) is 1. The Morgan fingerprint density at radius 1 is 1.22 bits per heavy atom. The molecule has 0 spiro atoms. The average Bonchev–Trinajstić information content (AvgIpc) is 2.47. The molecule has 118 valence electrons. The van der Waals surface area contributed by atoms with Crippen LogP contribution < -0.4 is 10.1 Å². The van der Waals surface area contributed by atoms with Gasteiger partial charge in [0.1, 0.15) is 11.4 Å². The van der Waals surface area contributed by atoms with Crippen molar-refractivity contribution in [2.45, 2.75) is 25.9 Å². The van der Waals surface area contributed by atoms with Gasteiger partial charge in [0.25, 0.3) is 5.91 Å². The average molecular weight is 330 g/mol. The Balaban J connectivity index is 1.86. The van der Waals surface area contributed by atoms with E-state index in [4.69, 9.17) is 16.3 Å². The minimum absolute atomic E-state index is 0.00472. The maximum absolute atomic E-state index is 12.3. The van der Waals surface area contributed by atoms with Crippen LogP contribution >= 0.6 is 11.6 Å². The molecule has 0 saturated carbocycles. The Morgan fingerprint density at radius 3 is 2.70 bits per heavy atom. The Kier molecular flexibility index (Phi) is 3.86. The van der Waals surface area contributed by atoms with E-state index in [9.17, 15) is 9.59 Å². The molecule has 0 fully saturated rings. The summed E-state index contributed by atoms with van der Waals surface area (Å²) in [6.45, 7) is 3.75. The molecule has 1 N–H and O–H groups in total. The van der Waals surface area contributed by atoms with Crippen molar-refractivity contribution in [3.05, 3.63) is 58.6 Å². The van der Waals surface area contributed by atoms with Gasteiger partial charge >= 0.3 is 0 Å². The molecule has 1 heterocycles. The predicted molar refractivity (Wildman–Crippen MR) is 89.5 cm³/mol. The molecule has 2 aromatic carbocycles. The predicted octanol–water partition coefficient (Wildman–Crippen LogP) is 4.34. The molecule has 2 aromatic rings. The number of anilines is 1. The molecule has 23 heavy (non-hydrogen) atoms. The summed E-state index contributed by atoms with van der Waals surface area (Å²) in [4.78, 5) is 24.5. The van der Waals surface area contributed by atoms with Gasteiger partial charge in [0.2, 0.25) is 0 Å². The van der Waals surface area contributed by atoms with Crippen LogP contribution in [0.2, 0.25) is 5.02 Å². The van der Waals surface area contributed by atoms with Crippen LogP contribution in [0.1, 0.15) is 41.0 Å². The Morgan fingerprint density at radius 2 is 1.96 bits per heavy atom. The van der Waals surface area contributed by atoms with E-state index in [0.717, 1.165) is 0 Å². The van der Waals surface area contributed by atoms with Gasteiger partial charge in [-0.25, -0.2) is 0 Å². The SMILES string of the molecule is CC1(C)CC(=O)c2cc(NC(=O)c3ccccc3Cl)ccc2O1. The summed E-state index contributed by atoms with van der Waals surface area (Å²) >= 11 is 6.02. The molecule has 1 aliphatic rings. The lowest BCUT2D eigenvalue weighted by atomic mass is 9.93. The molecular formula is C18H16ClNO3. The van der Waals surface area contributed by atoms with Crippen LogP contribution in [0.4, 0.5) is 5.69 Å². The van der Waals surface area contributed by atoms with Gasteiger partial charge in [-0.05, 0) is 44.2 Å². The monoisotopic (exact) mass is 329 g/mol. The molecular weight excluding hydrogens is 314 g/mol. The number of carbonyl (C=O) groups is 2. The zero-order chi connectivity index (χ0) is 16.6. The molecule has 0 saturated heterocycles. The normalized spacial score (nSPS) is 15.5. The zero-order valence-corrected chi connectivity index (χ0v) is 13.6. The Labute approximate surface area is 139 Å². The molecule has 1 aliphatic heterocycles. The third-order valence-electron chi connectivity index (χ3n) is 3.63. The highest BCUT2D eigenvalue weighted by Crippen LogP contribution is 2.34. The van der Waals surface area contributed by atoms with Crippen molar-refractivity contribution in [1.29, 1.82) is 0 Å². The second-order valence-corrected chi connectivity index (χ2v) is 6.51. The van der Waals surface area contributed by atoms with E-state index in [1.807, 2.05) is 13.8 Å². The smallest absolute Gasteiger partial charge is 0.257 e. The molecule has 0 unspecified atom stereocenters. The van der Waals surface area contributed by atoms with Crippen molar-refractivity contribution in [1.82, 2.24) is 0 Å². The fourth-order valence-electron chi connectivity index (χ4n) is 2.57. The molecule has 3 rings (SSSR count). The molecule has 0 aromatic heterocycles. The van der Waals surface area contributed by atoms with Crippen LogP contribution in [0.5, 0.6) is 5.75 Å². The zero-order valence-electron chi connectivity index (χ0n) is 12.9. The number of carbonyl (C=O) groups excluding carboxylic acids is 2. The number of hydrogen-bond donors (Lipinski definition) is 1. The van der Waals surface area contributed by atoms with E-state index in [2.05, 4.69) is 5.32 Å². The third kappa shape index (κ3) is 3.22.